The maximum absolute atomic E-state index is 14.1. The third kappa shape index (κ3) is 2.04. The maximum atomic E-state index is 14.1. The first-order valence-electron chi connectivity index (χ1n) is 6.94. The maximum Gasteiger partial charge on any atom is 0.192 e. The molecule has 2 fully saturated rings. The summed E-state index contributed by atoms with van der Waals surface area (Å²) < 4.78 is 26.3. The van der Waals surface area contributed by atoms with E-state index in [4.69, 9.17) is 21.1 Å². The summed E-state index contributed by atoms with van der Waals surface area (Å²) in [4.78, 5) is 0. The Hall–Kier alpha value is -1.54. The van der Waals surface area contributed by atoms with Gasteiger partial charge in [0.05, 0.1) is 23.9 Å². The molecule has 1 unspecified atom stereocenters. The molecule has 3 heterocycles. The number of aliphatic hydroxyl groups is 1. The molecule has 2 aliphatic heterocycles. The molecule has 0 amide bonds. The van der Waals surface area contributed by atoms with Crippen LogP contribution in [0.4, 0.5) is 4.39 Å². The third-order valence-electron chi connectivity index (χ3n) is 4.10. The summed E-state index contributed by atoms with van der Waals surface area (Å²) >= 11 is 5.77. The van der Waals surface area contributed by atoms with Gasteiger partial charge in [-0.1, -0.05) is 22.9 Å². The van der Waals surface area contributed by atoms with Crippen LogP contribution in [-0.2, 0) is 15.1 Å². The molecule has 0 aliphatic carbocycles. The second kappa shape index (κ2) is 4.99. The predicted molar refractivity (Wildman–Crippen MR) is 74.1 cm³/mol. The average Bonchev–Trinajstić information content (AvgIpc) is 3.15. The van der Waals surface area contributed by atoms with Crippen molar-refractivity contribution in [3.05, 3.63) is 40.9 Å². The van der Waals surface area contributed by atoms with Crippen LogP contribution in [0.5, 0.6) is 0 Å². The third-order valence-corrected chi connectivity index (χ3v) is 4.39. The monoisotopic (exact) mass is 325 g/mol. The van der Waals surface area contributed by atoms with Crippen LogP contribution in [0, 0.1) is 5.82 Å². The smallest absolute Gasteiger partial charge is 0.192 e. The van der Waals surface area contributed by atoms with Gasteiger partial charge in [0.2, 0.25) is 0 Å². The van der Waals surface area contributed by atoms with E-state index in [1.807, 2.05) is 0 Å². The molecule has 22 heavy (non-hydrogen) atoms. The number of hydrogen-bond donors (Lipinski definition) is 1. The van der Waals surface area contributed by atoms with Gasteiger partial charge < -0.3 is 14.6 Å². The Morgan fingerprint density at radius 2 is 2.32 bits per heavy atom. The Balaban J connectivity index is 1.71. The molecule has 1 aromatic carbocycles. The second-order valence-electron chi connectivity index (χ2n) is 5.51. The quantitative estimate of drug-likeness (QED) is 0.911. The van der Waals surface area contributed by atoms with Crippen LogP contribution in [0.15, 0.2) is 24.4 Å². The van der Waals surface area contributed by atoms with Crippen LogP contribution in [0.25, 0.3) is 5.69 Å². The molecule has 2 aliphatic rings. The fourth-order valence-corrected chi connectivity index (χ4v) is 3.02. The average molecular weight is 326 g/mol. The zero-order valence-corrected chi connectivity index (χ0v) is 12.2. The van der Waals surface area contributed by atoms with E-state index < -0.39 is 17.7 Å². The molecule has 2 saturated heterocycles. The number of benzene rings is 1. The van der Waals surface area contributed by atoms with Crippen molar-refractivity contribution in [2.45, 2.75) is 30.8 Å². The normalized spacial score (nSPS) is 30.7. The highest BCUT2D eigenvalue weighted by molar-refractivity contribution is 6.30. The lowest BCUT2D eigenvalue weighted by Gasteiger charge is -2.34. The standard InChI is InChI=1S/C14H13ClFN3O3/c15-9-2-1-3-10(12(9)16)19-6-11(17-18-19)14(20)5-4-8-7-21-13(14)22-8/h1-3,6,8,13,20H,4-5,7H2/t8-,13+,14?/m0/s1. The molecule has 2 aromatic rings. The van der Waals surface area contributed by atoms with Gasteiger partial charge in [-0.05, 0) is 25.0 Å². The van der Waals surface area contributed by atoms with Crippen molar-refractivity contribution >= 4 is 11.6 Å². The van der Waals surface area contributed by atoms with Crippen molar-refractivity contribution < 1.29 is 19.0 Å². The number of fused-ring (bicyclic) bond motifs is 2. The number of halogens is 2. The van der Waals surface area contributed by atoms with E-state index >= 15 is 0 Å². The molecular formula is C14H13ClFN3O3. The molecule has 2 bridgehead atoms. The molecule has 0 radical (unpaired) electrons. The molecule has 1 aromatic heterocycles. The summed E-state index contributed by atoms with van der Waals surface area (Å²) in [6, 6.07) is 4.60. The number of hydrogen-bond acceptors (Lipinski definition) is 5. The highest BCUT2D eigenvalue weighted by atomic mass is 35.5. The number of ether oxygens (including phenoxy) is 2. The second-order valence-corrected chi connectivity index (χ2v) is 5.91. The molecule has 0 saturated carbocycles. The van der Waals surface area contributed by atoms with Gasteiger partial charge >= 0.3 is 0 Å². The van der Waals surface area contributed by atoms with Gasteiger partial charge in [-0.3, -0.25) is 0 Å². The summed E-state index contributed by atoms with van der Waals surface area (Å²) in [5, 5.41) is 18.7. The summed E-state index contributed by atoms with van der Waals surface area (Å²) in [5.74, 6) is -0.593. The van der Waals surface area contributed by atoms with Gasteiger partial charge in [-0.15, -0.1) is 5.10 Å². The predicted octanol–water partition coefficient (Wildman–Crippen LogP) is 1.78. The lowest BCUT2D eigenvalue weighted by atomic mass is 9.90. The minimum atomic E-state index is -1.37. The molecule has 6 nitrogen and oxygen atoms in total. The summed E-state index contributed by atoms with van der Waals surface area (Å²) in [6.07, 6.45) is 1.86. The number of rotatable bonds is 2. The summed E-state index contributed by atoms with van der Waals surface area (Å²) in [7, 11) is 0. The minimum Gasteiger partial charge on any atom is -0.378 e. The first-order chi connectivity index (χ1) is 10.6. The Kier molecular flexibility index (Phi) is 3.19. The fraction of sp³-hybridized carbons (Fsp3) is 0.429. The van der Waals surface area contributed by atoms with Crippen LogP contribution in [-0.4, -0.2) is 39.1 Å². The lowest BCUT2D eigenvalue weighted by Crippen LogP contribution is -2.44. The van der Waals surface area contributed by atoms with Crippen molar-refractivity contribution in [1.29, 1.82) is 0 Å². The van der Waals surface area contributed by atoms with Crippen molar-refractivity contribution in [2.75, 3.05) is 6.61 Å². The topological polar surface area (TPSA) is 69.4 Å². The van der Waals surface area contributed by atoms with Crippen LogP contribution >= 0.6 is 11.6 Å². The SMILES string of the molecule is OC1(c2cn(-c3cccc(Cl)c3F)nn2)CC[C@H]2CO[C@@H]1O2. The first-order valence-corrected chi connectivity index (χ1v) is 7.32. The molecule has 4 rings (SSSR count). The Morgan fingerprint density at radius 3 is 3.18 bits per heavy atom. The Bertz CT molecular complexity index is 725. The summed E-state index contributed by atoms with van der Waals surface area (Å²) in [6.45, 7) is 0.462. The van der Waals surface area contributed by atoms with Crippen molar-refractivity contribution in [3.63, 3.8) is 0 Å². The molecule has 8 heteroatoms. The van der Waals surface area contributed by atoms with E-state index in [9.17, 15) is 9.50 Å². The van der Waals surface area contributed by atoms with Gasteiger partial charge in [0, 0.05) is 0 Å². The minimum absolute atomic E-state index is 0.00349. The Labute approximate surface area is 130 Å². The van der Waals surface area contributed by atoms with Crippen LogP contribution < -0.4 is 0 Å². The van der Waals surface area contributed by atoms with E-state index in [-0.39, 0.29) is 22.5 Å². The van der Waals surface area contributed by atoms with Gasteiger partial charge in [-0.25, -0.2) is 9.07 Å². The van der Waals surface area contributed by atoms with E-state index in [1.165, 1.54) is 23.0 Å². The van der Waals surface area contributed by atoms with Crippen molar-refractivity contribution in [3.8, 4) is 5.69 Å². The zero-order valence-electron chi connectivity index (χ0n) is 11.4. The number of aromatic nitrogens is 3. The molecule has 3 atom stereocenters. The van der Waals surface area contributed by atoms with Crippen LogP contribution in [0.2, 0.25) is 5.02 Å². The molecule has 1 N–H and O–H groups in total. The van der Waals surface area contributed by atoms with Crippen LogP contribution in [0.3, 0.4) is 0 Å². The van der Waals surface area contributed by atoms with Gasteiger partial charge in [0.15, 0.2) is 17.7 Å². The van der Waals surface area contributed by atoms with E-state index in [0.717, 1.165) is 0 Å². The van der Waals surface area contributed by atoms with E-state index in [1.54, 1.807) is 6.07 Å². The number of nitrogens with zero attached hydrogens (tertiary/aromatic N) is 3. The first kappa shape index (κ1) is 14.1. The summed E-state index contributed by atoms with van der Waals surface area (Å²) in [5.41, 5.74) is -0.922. The Morgan fingerprint density at radius 1 is 1.45 bits per heavy atom. The van der Waals surface area contributed by atoms with Gasteiger partial charge in [-0.2, -0.15) is 0 Å². The molecule has 0 spiro atoms. The largest absolute Gasteiger partial charge is 0.378 e. The lowest BCUT2D eigenvalue weighted by molar-refractivity contribution is -0.219. The van der Waals surface area contributed by atoms with E-state index in [2.05, 4.69) is 10.3 Å². The molecular weight excluding hydrogens is 313 g/mol. The van der Waals surface area contributed by atoms with E-state index in [0.29, 0.717) is 19.4 Å². The fourth-order valence-electron chi connectivity index (χ4n) is 2.85. The van der Waals surface area contributed by atoms with Gasteiger partial charge in [0.25, 0.3) is 0 Å². The highest BCUT2D eigenvalue weighted by Gasteiger charge is 2.51. The van der Waals surface area contributed by atoms with Gasteiger partial charge in [0.1, 0.15) is 11.4 Å². The van der Waals surface area contributed by atoms with Crippen molar-refractivity contribution in [1.82, 2.24) is 15.0 Å². The molecule has 116 valence electrons. The zero-order chi connectivity index (χ0) is 15.3. The highest BCUT2D eigenvalue weighted by Crippen LogP contribution is 2.41. The van der Waals surface area contributed by atoms with Crippen LogP contribution in [0.1, 0.15) is 18.5 Å². The van der Waals surface area contributed by atoms with Crippen molar-refractivity contribution in [2.24, 2.45) is 0 Å².